The van der Waals surface area contributed by atoms with E-state index in [2.05, 4.69) is 45.0 Å². The molecule has 34 heavy (non-hydrogen) atoms. The fraction of sp³-hybridized carbons (Fsp3) is 0.130. The van der Waals surface area contributed by atoms with Crippen molar-refractivity contribution in [2.75, 3.05) is 5.75 Å². The molecule has 3 aromatic carbocycles. The van der Waals surface area contributed by atoms with Crippen molar-refractivity contribution in [2.45, 2.75) is 20.6 Å². The molecule has 11 heteroatoms. The van der Waals surface area contributed by atoms with Gasteiger partial charge < -0.3 is 0 Å². The summed E-state index contributed by atoms with van der Waals surface area (Å²) in [6.07, 6.45) is -3.51. The summed E-state index contributed by atoms with van der Waals surface area (Å²) in [5.41, 5.74) is 2.51. The number of alkyl halides is 3. The lowest BCUT2D eigenvalue weighted by Crippen LogP contribution is -2.20. The lowest BCUT2D eigenvalue weighted by molar-refractivity contribution is -0.137. The molecular formula is C23H17F3N4OS3. The first-order chi connectivity index (χ1) is 16.4. The minimum absolute atomic E-state index is 0.0148. The number of fused-ring (bicyclic) bond motifs is 1. The van der Waals surface area contributed by atoms with E-state index in [9.17, 15) is 18.0 Å². The molecule has 0 bridgehead atoms. The smallest absolute Gasteiger partial charge is 0.272 e. The Bertz CT molecular complexity index is 1320. The van der Waals surface area contributed by atoms with Crippen molar-refractivity contribution in [1.82, 2.24) is 15.6 Å². The third-order valence-electron chi connectivity index (χ3n) is 4.60. The molecule has 0 radical (unpaired) electrons. The number of thioether (sulfide) groups is 2. The Morgan fingerprint density at radius 1 is 0.971 bits per heavy atom. The van der Waals surface area contributed by atoms with Crippen LogP contribution in [0.15, 0.2) is 80.5 Å². The Morgan fingerprint density at radius 2 is 1.68 bits per heavy atom. The van der Waals surface area contributed by atoms with Crippen molar-refractivity contribution < 1.29 is 18.0 Å². The van der Waals surface area contributed by atoms with Crippen molar-refractivity contribution in [3.05, 3.63) is 83.4 Å². The van der Waals surface area contributed by atoms with Crippen molar-refractivity contribution in [1.29, 1.82) is 0 Å². The summed E-state index contributed by atoms with van der Waals surface area (Å²) in [5, 5.41) is 14.3. The molecule has 1 heterocycles. The van der Waals surface area contributed by atoms with Gasteiger partial charge in [-0.25, -0.2) is 5.43 Å². The molecule has 5 nitrogen and oxygen atoms in total. The highest BCUT2D eigenvalue weighted by Gasteiger charge is 2.32. The van der Waals surface area contributed by atoms with Crippen LogP contribution in [0.2, 0.25) is 0 Å². The van der Waals surface area contributed by atoms with Crippen LogP contribution in [0.5, 0.6) is 0 Å². The van der Waals surface area contributed by atoms with E-state index < -0.39 is 17.6 Å². The monoisotopic (exact) mass is 518 g/mol. The number of rotatable bonds is 8. The van der Waals surface area contributed by atoms with E-state index in [0.29, 0.717) is 4.34 Å². The van der Waals surface area contributed by atoms with Crippen LogP contribution in [0, 0.1) is 0 Å². The van der Waals surface area contributed by atoms with E-state index in [0.717, 1.165) is 22.4 Å². The summed E-state index contributed by atoms with van der Waals surface area (Å²) >= 11 is 4.15. The number of benzene rings is 3. The Balaban J connectivity index is 1.27. The van der Waals surface area contributed by atoms with Crippen molar-refractivity contribution in [2.24, 2.45) is 5.10 Å². The number of hydrogen-bond donors (Lipinski definition) is 1. The van der Waals surface area contributed by atoms with Crippen LogP contribution in [0.4, 0.5) is 13.2 Å². The second kappa shape index (κ2) is 11.0. The topological polar surface area (TPSA) is 67.2 Å². The number of hydrazone groups is 1. The predicted molar refractivity (Wildman–Crippen MR) is 131 cm³/mol. The molecule has 174 valence electrons. The van der Waals surface area contributed by atoms with Crippen LogP contribution in [0.3, 0.4) is 0 Å². The summed E-state index contributed by atoms with van der Waals surface area (Å²) in [4.78, 5) is 12.0. The molecule has 0 aliphatic rings. The molecule has 0 spiro atoms. The minimum Gasteiger partial charge on any atom is -0.272 e. The van der Waals surface area contributed by atoms with Gasteiger partial charge >= 0.3 is 6.18 Å². The number of amides is 1. The molecular weight excluding hydrogens is 501 g/mol. The number of nitrogens with zero attached hydrogens (tertiary/aromatic N) is 3. The van der Waals surface area contributed by atoms with Gasteiger partial charge in [0.25, 0.3) is 5.91 Å². The molecule has 4 aromatic rings. The molecule has 1 aromatic heterocycles. The summed E-state index contributed by atoms with van der Waals surface area (Å²) in [6.45, 7) is 0. The molecule has 4 rings (SSSR count). The van der Waals surface area contributed by atoms with Crippen LogP contribution < -0.4 is 5.43 Å². The normalized spacial score (nSPS) is 11.9. The first-order valence-electron chi connectivity index (χ1n) is 9.94. The van der Waals surface area contributed by atoms with Gasteiger partial charge in [-0.05, 0) is 22.4 Å². The van der Waals surface area contributed by atoms with Gasteiger partial charge in [0.05, 0.1) is 17.5 Å². The maximum absolute atomic E-state index is 13.0. The lowest BCUT2D eigenvalue weighted by Gasteiger charge is -2.09. The van der Waals surface area contributed by atoms with Crippen molar-refractivity contribution in [3.63, 3.8) is 0 Å². The molecule has 0 aliphatic heterocycles. The largest absolute Gasteiger partial charge is 0.417 e. The van der Waals surface area contributed by atoms with Crippen LogP contribution in [-0.4, -0.2) is 28.1 Å². The molecule has 0 saturated heterocycles. The van der Waals surface area contributed by atoms with Crippen LogP contribution in [0.25, 0.3) is 10.8 Å². The molecule has 0 atom stereocenters. The predicted octanol–water partition coefficient (Wildman–Crippen LogP) is 6.24. The Hall–Kier alpha value is -2.89. The van der Waals surface area contributed by atoms with E-state index in [4.69, 9.17) is 0 Å². The maximum atomic E-state index is 13.0. The van der Waals surface area contributed by atoms with Crippen molar-refractivity contribution >= 4 is 57.8 Å². The standard InChI is InChI=1S/C23H17F3N4OS3/c24-23(25,26)19-11-4-2-7-16(19)12-27-28-20(31)14-33-22-30-29-21(34-22)32-13-17-9-5-8-15-6-1-3-10-18(15)17/h1-12H,13-14H2,(H,28,31). The quantitative estimate of drug-likeness (QED) is 0.170. The van der Waals surface area contributed by atoms with E-state index in [-0.39, 0.29) is 11.3 Å². The highest BCUT2D eigenvalue weighted by atomic mass is 32.2. The Kier molecular flexibility index (Phi) is 7.86. The first-order valence-corrected chi connectivity index (χ1v) is 12.7. The summed E-state index contributed by atoms with van der Waals surface area (Å²) in [5.74, 6) is 0.307. The lowest BCUT2D eigenvalue weighted by atomic mass is 10.1. The van der Waals surface area contributed by atoms with Crippen LogP contribution in [-0.2, 0) is 16.7 Å². The van der Waals surface area contributed by atoms with Crippen LogP contribution in [0.1, 0.15) is 16.7 Å². The van der Waals surface area contributed by atoms with Gasteiger partial charge in [0.15, 0.2) is 8.68 Å². The number of aromatic nitrogens is 2. The fourth-order valence-corrected chi connectivity index (χ4v) is 5.89. The second-order valence-corrected chi connectivity index (χ2v) is 10.4. The Morgan fingerprint density at radius 3 is 2.50 bits per heavy atom. The molecule has 1 amide bonds. The summed E-state index contributed by atoms with van der Waals surface area (Å²) in [6, 6.07) is 19.4. The summed E-state index contributed by atoms with van der Waals surface area (Å²) in [7, 11) is 0. The number of carbonyl (C=O) groups excluding carboxylic acids is 1. The van der Waals surface area contributed by atoms with E-state index >= 15 is 0 Å². The second-order valence-electron chi connectivity index (χ2n) is 6.93. The van der Waals surface area contributed by atoms with E-state index in [1.165, 1.54) is 57.6 Å². The van der Waals surface area contributed by atoms with Gasteiger partial charge in [-0.15, -0.1) is 10.2 Å². The average molecular weight is 519 g/mol. The number of hydrogen-bond acceptors (Lipinski definition) is 7. The van der Waals surface area contributed by atoms with E-state index in [1.54, 1.807) is 11.8 Å². The zero-order chi connectivity index (χ0) is 24.0. The molecule has 0 aliphatic carbocycles. The minimum atomic E-state index is -4.50. The van der Waals surface area contributed by atoms with Gasteiger partial charge in [0.1, 0.15) is 0 Å². The van der Waals surface area contributed by atoms with Crippen LogP contribution >= 0.6 is 34.9 Å². The fourth-order valence-electron chi connectivity index (χ4n) is 3.07. The number of carbonyl (C=O) groups is 1. The van der Waals surface area contributed by atoms with E-state index in [1.807, 2.05) is 18.2 Å². The highest BCUT2D eigenvalue weighted by molar-refractivity contribution is 8.03. The van der Waals surface area contributed by atoms with Gasteiger partial charge in [-0.1, -0.05) is 95.5 Å². The van der Waals surface area contributed by atoms with Gasteiger partial charge in [0.2, 0.25) is 0 Å². The average Bonchev–Trinajstić information content (AvgIpc) is 3.29. The third kappa shape index (κ3) is 6.37. The molecule has 0 fully saturated rings. The molecule has 0 unspecified atom stereocenters. The SMILES string of the molecule is O=C(CSc1nnc(SCc2cccc3ccccc23)s1)NN=Cc1ccccc1C(F)(F)F. The number of halogens is 3. The zero-order valence-electron chi connectivity index (χ0n) is 17.5. The Labute approximate surface area is 205 Å². The van der Waals surface area contributed by atoms with Gasteiger partial charge in [-0.2, -0.15) is 18.3 Å². The molecule has 0 saturated carbocycles. The van der Waals surface area contributed by atoms with Gasteiger partial charge in [-0.3, -0.25) is 4.79 Å². The highest BCUT2D eigenvalue weighted by Crippen LogP contribution is 2.33. The first kappa shape index (κ1) is 24.2. The third-order valence-corrected chi connectivity index (χ3v) is 7.84. The number of nitrogens with one attached hydrogen (secondary N) is 1. The van der Waals surface area contributed by atoms with Crippen molar-refractivity contribution in [3.8, 4) is 0 Å². The summed E-state index contributed by atoms with van der Waals surface area (Å²) < 4.78 is 40.4. The maximum Gasteiger partial charge on any atom is 0.417 e. The van der Waals surface area contributed by atoms with Gasteiger partial charge in [0, 0.05) is 11.3 Å². The molecule has 1 N–H and O–H groups in total. The zero-order valence-corrected chi connectivity index (χ0v) is 19.9.